The van der Waals surface area contributed by atoms with Crippen LogP contribution in [-0.2, 0) is 5.41 Å². The Morgan fingerprint density at radius 1 is 0.681 bits per heavy atom. The fourth-order valence-corrected chi connectivity index (χ4v) is 5.59. The molecule has 0 bridgehead atoms. The lowest BCUT2D eigenvalue weighted by molar-refractivity contribution is 0.577. The molecule has 228 valence electrons. The van der Waals surface area contributed by atoms with Crippen molar-refractivity contribution in [1.29, 1.82) is 5.26 Å². The molecule has 2 aromatic heterocycles. The molecule has 6 rings (SSSR count). The minimum atomic E-state index is -1.01. The van der Waals surface area contributed by atoms with E-state index in [1.807, 2.05) is 86.6 Å². The Bertz CT molecular complexity index is 2080. The highest BCUT2D eigenvalue weighted by atomic mass is 35.5. The molecule has 2 heterocycles. The van der Waals surface area contributed by atoms with Crippen molar-refractivity contribution in [1.82, 2.24) is 9.97 Å². The fraction of sp³-hybridized carbons (Fsp3) is 0.0769. The first kappa shape index (κ1) is 31.2. The van der Waals surface area contributed by atoms with Gasteiger partial charge < -0.3 is 0 Å². The second kappa shape index (κ2) is 12.6. The summed E-state index contributed by atoms with van der Waals surface area (Å²) in [6.45, 7) is 11.3. The van der Waals surface area contributed by atoms with Gasteiger partial charge in [-0.25, -0.2) is 18.0 Å². The Balaban J connectivity index is 1.61. The van der Waals surface area contributed by atoms with Crippen molar-refractivity contribution in [3.05, 3.63) is 160 Å². The minimum absolute atomic E-state index is 0.00283. The summed E-state index contributed by atoms with van der Waals surface area (Å²) in [5, 5.41) is 9.44. The van der Waals surface area contributed by atoms with E-state index in [1.165, 1.54) is 18.2 Å². The summed E-state index contributed by atoms with van der Waals surface area (Å²) in [5.74, 6) is -2.74. The summed E-state index contributed by atoms with van der Waals surface area (Å²) in [6, 6.07) is 33.1. The van der Waals surface area contributed by atoms with Crippen LogP contribution in [0.1, 0.15) is 30.8 Å². The van der Waals surface area contributed by atoms with Gasteiger partial charge in [-0.15, -0.1) is 0 Å². The molecule has 0 N–H and O–H groups in total. The largest absolute Gasteiger partial charge is 0.252 e. The maximum Gasteiger partial charge on any atom is 0.240 e. The molecule has 0 unspecified atom stereocenters. The Morgan fingerprint density at radius 3 is 1.66 bits per heavy atom. The molecule has 0 spiro atoms. The lowest BCUT2D eigenvalue weighted by atomic mass is 9.82. The fourth-order valence-electron chi connectivity index (χ4n) is 5.40. The molecule has 0 saturated carbocycles. The molecule has 0 aliphatic heterocycles. The van der Waals surface area contributed by atoms with E-state index in [4.69, 9.17) is 28.1 Å². The Hall–Kier alpha value is -5.76. The summed E-state index contributed by atoms with van der Waals surface area (Å²) < 4.78 is 45.5. The maximum absolute atomic E-state index is 15.7. The van der Waals surface area contributed by atoms with Gasteiger partial charge in [0, 0.05) is 16.5 Å². The summed E-state index contributed by atoms with van der Waals surface area (Å²) >= 11 is 6.12. The van der Waals surface area contributed by atoms with Gasteiger partial charge in [-0.1, -0.05) is 84.4 Å². The predicted molar refractivity (Wildman–Crippen MR) is 178 cm³/mol. The topological polar surface area (TPSA) is 53.9 Å². The van der Waals surface area contributed by atoms with Crippen LogP contribution in [0.4, 0.5) is 18.9 Å². The molecule has 0 fully saturated rings. The smallest absolute Gasteiger partial charge is 0.240 e. The summed E-state index contributed by atoms with van der Waals surface area (Å²) in [4.78, 5) is 13.1. The van der Waals surface area contributed by atoms with Gasteiger partial charge in [0.05, 0.1) is 34.4 Å². The van der Waals surface area contributed by atoms with Crippen molar-refractivity contribution in [2.45, 2.75) is 19.3 Å². The quantitative estimate of drug-likeness (QED) is 0.170. The molecule has 0 amide bonds. The van der Waals surface area contributed by atoms with Gasteiger partial charge in [0.15, 0.2) is 5.82 Å². The maximum atomic E-state index is 15.7. The van der Waals surface area contributed by atoms with Crippen LogP contribution >= 0.6 is 11.6 Å². The van der Waals surface area contributed by atoms with E-state index in [2.05, 4.69) is 4.85 Å². The number of benzene rings is 4. The lowest BCUT2D eigenvalue weighted by Crippen LogP contribution is -2.23. The van der Waals surface area contributed by atoms with Gasteiger partial charge in [-0.05, 0) is 72.5 Å². The van der Waals surface area contributed by atoms with Crippen molar-refractivity contribution in [3.8, 4) is 50.8 Å². The Kier molecular flexibility index (Phi) is 8.35. The van der Waals surface area contributed by atoms with E-state index in [-0.39, 0.29) is 33.2 Å². The highest BCUT2D eigenvalue weighted by molar-refractivity contribution is 6.33. The number of halogens is 4. The molecule has 4 aromatic carbocycles. The van der Waals surface area contributed by atoms with Gasteiger partial charge in [-0.2, -0.15) is 5.26 Å². The second-order valence-electron chi connectivity index (χ2n) is 11.4. The van der Waals surface area contributed by atoms with Crippen molar-refractivity contribution in [2.24, 2.45) is 0 Å². The van der Waals surface area contributed by atoms with E-state index in [0.29, 0.717) is 17.0 Å². The van der Waals surface area contributed by atoms with E-state index in [1.54, 1.807) is 18.2 Å². The van der Waals surface area contributed by atoms with E-state index in [9.17, 15) is 9.65 Å². The normalized spacial score (nSPS) is 11.1. The van der Waals surface area contributed by atoms with Crippen LogP contribution in [0.2, 0.25) is 5.02 Å². The third kappa shape index (κ3) is 5.86. The van der Waals surface area contributed by atoms with Crippen molar-refractivity contribution < 1.29 is 13.2 Å². The number of pyridine rings is 2. The van der Waals surface area contributed by atoms with Gasteiger partial charge in [0.1, 0.15) is 23.3 Å². The number of hydrogen-bond donors (Lipinski definition) is 0. The SMILES string of the molecule is [C-]#[N+]c1c(Cl)ccc(-c2cc(-c3ccccc3)cc(C(C)(C)c3cc(-c4ccccc4)cc(-c4ccc(F)c(C#N)c4F)n3)n2)c1F. The number of nitrogens with zero attached hydrogens (tertiary/aromatic N) is 4. The van der Waals surface area contributed by atoms with Gasteiger partial charge in [0.25, 0.3) is 0 Å². The van der Waals surface area contributed by atoms with Crippen LogP contribution in [0.3, 0.4) is 0 Å². The average Bonchev–Trinajstić information content (AvgIpc) is 3.09. The molecule has 47 heavy (non-hydrogen) atoms. The second-order valence-corrected chi connectivity index (χ2v) is 11.8. The first-order chi connectivity index (χ1) is 22.6. The molecule has 0 atom stereocenters. The van der Waals surface area contributed by atoms with E-state index >= 15 is 8.78 Å². The van der Waals surface area contributed by atoms with Crippen LogP contribution in [-0.4, -0.2) is 9.97 Å². The zero-order valence-corrected chi connectivity index (χ0v) is 25.9. The molecule has 0 saturated heterocycles. The minimum Gasteiger partial charge on any atom is -0.252 e. The molecular formula is C39H24ClF3N4. The van der Waals surface area contributed by atoms with E-state index < -0.39 is 28.4 Å². The lowest BCUT2D eigenvalue weighted by Gasteiger charge is -2.27. The monoisotopic (exact) mass is 640 g/mol. The molecule has 0 radical (unpaired) electrons. The van der Waals surface area contributed by atoms with Gasteiger partial charge in [-0.3, -0.25) is 9.97 Å². The summed E-state index contributed by atoms with van der Waals surface area (Å²) in [6.07, 6.45) is 0. The first-order valence-corrected chi connectivity index (χ1v) is 14.9. The highest BCUT2D eigenvalue weighted by Crippen LogP contribution is 2.40. The predicted octanol–water partition coefficient (Wildman–Crippen LogP) is 11.0. The summed E-state index contributed by atoms with van der Waals surface area (Å²) in [7, 11) is 0. The molecule has 6 aromatic rings. The van der Waals surface area contributed by atoms with E-state index in [0.717, 1.165) is 22.8 Å². The Morgan fingerprint density at radius 2 is 1.17 bits per heavy atom. The molecule has 0 aliphatic rings. The third-order valence-electron chi connectivity index (χ3n) is 8.08. The van der Waals surface area contributed by atoms with Crippen molar-refractivity contribution in [2.75, 3.05) is 0 Å². The molecule has 8 heteroatoms. The van der Waals surface area contributed by atoms with Gasteiger partial charge >= 0.3 is 0 Å². The molecular weight excluding hydrogens is 617 g/mol. The van der Waals surface area contributed by atoms with Gasteiger partial charge in [0.2, 0.25) is 5.69 Å². The molecule has 0 aliphatic carbocycles. The third-order valence-corrected chi connectivity index (χ3v) is 8.38. The average molecular weight is 641 g/mol. The molecule has 4 nitrogen and oxygen atoms in total. The van der Waals surface area contributed by atoms with Crippen molar-refractivity contribution >= 4 is 17.3 Å². The van der Waals surface area contributed by atoms with Crippen LogP contribution in [0.15, 0.2) is 109 Å². The summed E-state index contributed by atoms with van der Waals surface area (Å²) in [5.41, 5.74) is 2.80. The number of nitriles is 1. The zero-order chi connectivity index (χ0) is 33.3. The number of hydrogen-bond acceptors (Lipinski definition) is 3. The highest BCUT2D eigenvalue weighted by Gasteiger charge is 2.30. The first-order valence-electron chi connectivity index (χ1n) is 14.5. The van der Waals surface area contributed by atoms with Crippen LogP contribution < -0.4 is 0 Å². The van der Waals surface area contributed by atoms with Crippen LogP contribution in [0, 0.1) is 35.4 Å². The number of rotatable bonds is 6. The number of aromatic nitrogens is 2. The standard InChI is InChI=1S/C39H24ClF3N4/c1-39(2,34-20-25(23-10-6-4-7-11-23)18-32(46-34)27-15-17-31(41)29(22-44)36(27)42)35-21-26(24-12-8-5-9-13-24)19-33(47-35)28-14-16-30(40)38(45-3)37(28)43/h4-21H,1-2H3. The zero-order valence-electron chi connectivity index (χ0n) is 25.2. The Labute approximate surface area is 275 Å². The van der Waals surface area contributed by atoms with Crippen molar-refractivity contribution in [3.63, 3.8) is 0 Å². The van der Waals surface area contributed by atoms with Crippen LogP contribution in [0.5, 0.6) is 0 Å². The van der Waals surface area contributed by atoms with Crippen LogP contribution in [0.25, 0.3) is 49.6 Å².